The van der Waals surface area contributed by atoms with Crippen molar-refractivity contribution in [1.29, 1.82) is 0 Å². The van der Waals surface area contributed by atoms with Crippen LogP contribution < -0.4 is 0 Å². The molecule has 1 fully saturated rings. The molecule has 150 valence electrons. The van der Waals surface area contributed by atoms with E-state index in [-0.39, 0.29) is 0 Å². The van der Waals surface area contributed by atoms with Crippen molar-refractivity contribution in [3.8, 4) is 0 Å². The molecule has 1 aliphatic rings. The van der Waals surface area contributed by atoms with Crippen LogP contribution in [0.15, 0.2) is 5.34 Å². The van der Waals surface area contributed by atoms with Crippen LogP contribution >= 0.6 is 11.8 Å². The normalized spacial score (nSPS) is 16.1. The predicted molar refractivity (Wildman–Crippen MR) is 113 cm³/mol. The molecule has 0 aliphatic carbocycles. The van der Waals surface area contributed by atoms with Gasteiger partial charge >= 0.3 is 0 Å². The Hall–Kier alpha value is -0.290. The molecule has 1 heterocycles. The second kappa shape index (κ2) is 18.5. The summed E-state index contributed by atoms with van der Waals surface area (Å²) in [5.41, 5.74) is 0. The summed E-state index contributed by atoms with van der Waals surface area (Å²) in [6, 6.07) is 0. The largest absolute Gasteiger partial charge is 0.444 e. The Balaban J connectivity index is 0.00000178. The molecule has 0 N–H and O–H groups in total. The minimum absolute atomic E-state index is 1.00. The summed E-state index contributed by atoms with van der Waals surface area (Å²) in [5.74, 6) is 2.79. The van der Waals surface area contributed by atoms with Crippen molar-refractivity contribution in [2.75, 3.05) is 37.7 Å². The molecule has 1 saturated heterocycles. The van der Waals surface area contributed by atoms with Gasteiger partial charge in [0.15, 0.2) is 0 Å². The van der Waals surface area contributed by atoms with Crippen LogP contribution in [0.4, 0.5) is 0 Å². The van der Waals surface area contributed by atoms with Gasteiger partial charge < -0.3 is 14.6 Å². The Bertz CT molecular complexity index is 285. The van der Waals surface area contributed by atoms with E-state index in [0.29, 0.717) is 0 Å². The predicted octanol–water partition coefficient (Wildman–Crippen LogP) is 6.52. The molecule has 5 heteroatoms. The van der Waals surface area contributed by atoms with Gasteiger partial charge in [-0.25, -0.2) is 0 Å². The Morgan fingerprint density at radius 2 is 1.20 bits per heavy atom. The van der Waals surface area contributed by atoms with Gasteiger partial charge in [-0.1, -0.05) is 71.1 Å². The summed E-state index contributed by atoms with van der Waals surface area (Å²) in [6.45, 7) is 10.4. The standard InChI is InChI=1S/C20H42NS.HNO2/c1-3-5-6-7-8-9-10-11-12-13-14-15-16-21(4-2)17-19-22-20-18-21;2-1-3/h3-20H2,1-2H3;(H,2,3)/q+1;/p-1. The van der Waals surface area contributed by atoms with Crippen LogP contribution in [-0.2, 0) is 0 Å². The van der Waals surface area contributed by atoms with Crippen molar-refractivity contribution >= 4 is 11.8 Å². The number of thioether (sulfide) groups is 1. The topological polar surface area (TPSA) is 52.5 Å². The van der Waals surface area contributed by atoms with Gasteiger partial charge in [-0.15, -0.1) is 5.34 Å². The van der Waals surface area contributed by atoms with E-state index in [0.717, 1.165) is 5.34 Å². The maximum atomic E-state index is 8.00. The third-order valence-corrected chi connectivity index (χ3v) is 6.52. The summed E-state index contributed by atoms with van der Waals surface area (Å²) >= 11 is 2.16. The van der Waals surface area contributed by atoms with Crippen LogP contribution in [0.25, 0.3) is 0 Å². The molecule has 4 nitrogen and oxygen atoms in total. The number of nitrogens with zero attached hydrogens (tertiary/aromatic N) is 2. The molecule has 0 aromatic rings. The van der Waals surface area contributed by atoms with E-state index in [1.54, 1.807) is 0 Å². The highest BCUT2D eigenvalue weighted by Crippen LogP contribution is 2.20. The number of hydrogen-bond acceptors (Lipinski definition) is 4. The smallest absolute Gasteiger partial charge is 0.0878 e. The maximum Gasteiger partial charge on any atom is 0.0878 e. The highest BCUT2D eigenvalue weighted by atomic mass is 32.2. The van der Waals surface area contributed by atoms with Crippen LogP contribution in [0, 0.1) is 10.1 Å². The van der Waals surface area contributed by atoms with Gasteiger partial charge in [0, 0.05) is 11.5 Å². The van der Waals surface area contributed by atoms with E-state index < -0.39 is 0 Å². The van der Waals surface area contributed by atoms with E-state index in [9.17, 15) is 0 Å². The zero-order valence-electron chi connectivity index (χ0n) is 16.8. The van der Waals surface area contributed by atoms with Gasteiger partial charge in [-0.05, 0) is 19.8 Å². The van der Waals surface area contributed by atoms with Crippen molar-refractivity contribution in [2.45, 2.75) is 90.9 Å². The summed E-state index contributed by atoms with van der Waals surface area (Å²) in [7, 11) is 0. The van der Waals surface area contributed by atoms with E-state index in [4.69, 9.17) is 10.1 Å². The number of quaternary nitrogens is 1. The molecule has 0 saturated carbocycles. The molecule has 25 heavy (non-hydrogen) atoms. The van der Waals surface area contributed by atoms with Gasteiger partial charge in [-0.2, -0.15) is 11.8 Å². The molecule has 0 radical (unpaired) electrons. The minimum Gasteiger partial charge on any atom is -0.444 e. The van der Waals surface area contributed by atoms with Crippen molar-refractivity contribution in [3.05, 3.63) is 10.1 Å². The third-order valence-electron chi connectivity index (χ3n) is 5.58. The molecule has 1 aliphatic heterocycles. The minimum atomic E-state index is 1.00. The van der Waals surface area contributed by atoms with E-state index in [2.05, 4.69) is 25.6 Å². The van der Waals surface area contributed by atoms with Gasteiger partial charge in [0.2, 0.25) is 0 Å². The first-order chi connectivity index (χ1) is 12.2. The zero-order valence-corrected chi connectivity index (χ0v) is 17.7. The fourth-order valence-electron chi connectivity index (χ4n) is 3.72. The summed E-state index contributed by atoms with van der Waals surface area (Å²) < 4.78 is 1.42. The second-order valence-electron chi connectivity index (χ2n) is 7.40. The van der Waals surface area contributed by atoms with Gasteiger partial charge in [-0.3, -0.25) is 0 Å². The first-order valence-electron chi connectivity index (χ1n) is 10.6. The van der Waals surface area contributed by atoms with Crippen LogP contribution in [0.2, 0.25) is 0 Å². The number of rotatable bonds is 14. The van der Waals surface area contributed by atoms with Crippen molar-refractivity contribution in [1.82, 2.24) is 0 Å². The van der Waals surface area contributed by atoms with Crippen molar-refractivity contribution in [2.24, 2.45) is 5.34 Å². The van der Waals surface area contributed by atoms with Crippen LogP contribution in [0.5, 0.6) is 0 Å². The lowest BCUT2D eigenvalue weighted by molar-refractivity contribution is -0.923. The number of hydrogen-bond donors (Lipinski definition) is 0. The van der Waals surface area contributed by atoms with Crippen molar-refractivity contribution in [3.63, 3.8) is 0 Å². The van der Waals surface area contributed by atoms with Gasteiger partial charge in [0.05, 0.1) is 26.2 Å². The Kier molecular flexibility index (Phi) is 18.3. The zero-order chi connectivity index (χ0) is 18.6. The molecule has 1 rings (SSSR count). The fourth-order valence-corrected chi connectivity index (χ4v) is 4.95. The maximum absolute atomic E-state index is 8.00. The molecular weight excluding hydrogens is 332 g/mol. The van der Waals surface area contributed by atoms with E-state index in [1.165, 1.54) is 119 Å². The first-order valence-corrected chi connectivity index (χ1v) is 11.8. The van der Waals surface area contributed by atoms with Crippen LogP contribution in [0.3, 0.4) is 0 Å². The average molecular weight is 375 g/mol. The molecule has 0 aromatic heterocycles. The average Bonchev–Trinajstić information content (AvgIpc) is 2.64. The lowest BCUT2D eigenvalue weighted by atomic mass is 10.0. The summed E-state index contributed by atoms with van der Waals surface area (Å²) in [5, 5.41) is 9.00. The molecular formula is C20H42N2O2S. The Labute approximate surface area is 160 Å². The van der Waals surface area contributed by atoms with Crippen LogP contribution in [-0.4, -0.2) is 42.2 Å². The first kappa shape index (κ1) is 24.7. The molecule has 0 spiro atoms. The Morgan fingerprint density at radius 3 is 1.60 bits per heavy atom. The van der Waals surface area contributed by atoms with Crippen molar-refractivity contribution < 1.29 is 4.48 Å². The lowest BCUT2D eigenvalue weighted by Gasteiger charge is -2.40. The second-order valence-corrected chi connectivity index (χ2v) is 8.63. The highest BCUT2D eigenvalue weighted by Gasteiger charge is 2.27. The lowest BCUT2D eigenvalue weighted by Crippen LogP contribution is -2.53. The SMILES string of the molecule is CCCCCCCCCCCCCC[N+]1(CC)CCSCC1.O=N[O-]. The number of unbranched alkanes of at least 4 members (excludes halogenated alkanes) is 11. The molecule has 0 aromatic carbocycles. The van der Waals surface area contributed by atoms with E-state index >= 15 is 0 Å². The molecule has 0 unspecified atom stereocenters. The quantitative estimate of drug-likeness (QED) is 0.150. The summed E-state index contributed by atoms with van der Waals surface area (Å²) in [4.78, 5) is 8.00. The monoisotopic (exact) mass is 374 g/mol. The third kappa shape index (κ3) is 14.6. The summed E-state index contributed by atoms with van der Waals surface area (Å²) in [6.07, 6.45) is 17.6. The highest BCUT2D eigenvalue weighted by molar-refractivity contribution is 7.99. The van der Waals surface area contributed by atoms with Crippen LogP contribution in [0.1, 0.15) is 90.9 Å². The fraction of sp³-hybridized carbons (Fsp3) is 1.00. The molecule has 0 bridgehead atoms. The Morgan fingerprint density at radius 1 is 0.800 bits per heavy atom. The molecule has 0 atom stereocenters. The molecule has 0 amide bonds. The van der Waals surface area contributed by atoms with Gasteiger partial charge in [0.25, 0.3) is 0 Å². The van der Waals surface area contributed by atoms with E-state index in [1.807, 2.05) is 0 Å². The van der Waals surface area contributed by atoms with Gasteiger partial charge in [0.1, 0.15) is 0 Å².